The summed E-state index contributed by atoms with van der Waals surface area (Å²) in [6.45, 7) is 5.22. The Bertz CT molecular complexity index is 1030. The smallest absolute Gasteiger partial charge is 0.262 e. The average molecular weight is 450 g/mol. The van der Waals surface area contributed by atoms with E-state index in [-0.39, 0.29) is 29.2 Å². The molecular formula is C21H28FN5O3S. The number of anilines is 1. The molecule has 168 valence electrons. The van der Waals surface area contributed by atoms with Crippen LogP contribution in [0.4, 0.5) is 10.1 Å². The highest BCUT2D eigenvalue weighted by Gasteiger charge is 2.36. The van der Waals surface area contributed by atoms with Crippen molar-refractivity contribution in [2.24, 2.45) is 5.92 Å². The van der Waals surface area contributed by atoms with Gasteiger partial charge in [0.05, 0.1) is 17.9 Å². The van der Waals surface area contributed by atoms with Crippen molar-refractivity contribution in [1.29, 1.82) is 0 Å². The Morgan fingerprint density at radius 1 is 1.16 bits per heavy atom. The number of nitrogens with zero attached hydrogens (tertiary/aromatic N) is 5. The molecule has 1 atom stereocenters. The van der Waals surface area contributed by atoms with Gasteiger partial charge in [0.25, 0.3) is 10.0 Å². The van der Waals surface area contributed by atoms with Crippen LogP contribution in [-0.2, 0) is 21.4 Å². The summed E-state index contributed by atoms with van der Waals surface area (Å²) in [6.07, 6.45) is 4.35. The summed E-state index contributed by atoms with van der Waals surface area (Å²) in [5.74, 6) is -0.648. The van der Waals surface area contributed by atoms with Crippen molar-refractivity contribution in [3.8, 4) is 0 Å². The molecule has 0 N–H and O–H groups in total. The van der Waals surface area contributed by atoms with Crippen LogP contribution in [0.5, 0.6) is 0 Å². The molecule has 10 heteroatoms. The minimum atomic E-state index is -3.72. The van der Waals surface area contributed by atoms with Gasteiger partial charge in [0.2, 0.25) is 5.91 Å². The second kappa shape index (κ2) is 8.96. The van der Waals surface area contributed by atoms with Gasteiger partial charge in [-0.3, -0.25) is 4.79 Å². The third kappa shape index (κ3) is 4.45. The SMILES string of the molecule is CCn1cnc(S(=O)(=O)N2CCC[C@H](C(=O)N3CCN(c4ccccc4F)CC3)C2)c1. The molecule has 3 heterocycles. The van der Waals surface area contributed by atoms with E-state index in [1.807, 2.05) is 11.8 Å². The van der Waals surface area contributed by atoms with Gasteiger partial charge in [-0.2, -0.15) is 4.31 Å². The van der Waals surface area contributed by atoms with E-state index in [1.54, 1.807) is 27.7 Å². The number of rotatable bonds is 5. The Balaban J connectivity index is 1.39. The molecule has 0 radical (unpaired) electrons. The number of aryl methyl sites for hydroxylation is 1. The Morgan fingerprint density at radius 3 is 2.58 bits per heavy atom. The summed E-state index contributed by atoms with van der Waals surface area (Å²) in [4.78, 5) is 20.9. The molecule has 0 bridgehead atoms. The molecule has 2 aliphatic rings. The molecular weight excluding hydrogens is 421 g/mol. The lowest BCUT2D eigenvalue weighted by molar-refractivity contribution is -0.137. The molecule has 2 aromatic rings. The Kier molecular flexibility index (Phi) is 6.29. The highest BCUT2D eigenvalue weighted by Crippen LogP contribution is 2.26. The van der Waals surface area contributed by atoms with Crippen molar-refractivity contribution in [2.45, 2.75) is 31.3 Å². The lowest BCUT2D eigenvalue weighted by Gasteiger charge is -2.39. The number of carbonyl (C=O) groups is 1. The largest absolute Gasteiger partial charge is 0.366 e. The molecule has 2 saturated heterocycles. The Labute approximate surface area is 182 Å². The van der Waals surface area contributed by atoms with E-state index in [9.17, 15) is 17.6 Å². The predicted molar refractivity (Wildman–Crippen MR) is 115 cm³/mol. The van der Waals surface area contributed by atoms with Gasteiger partial charge in [0.1, 0.15) is 5.82 Å². The Morgan fingerprint density at radius 2 is 1.90 bits per heavy atom. The van der Waals surface area contributed by atoms with Crippen LogP contribution in [0.1, 0.15) is 19.8 Å². The van der Waals surface area contributed by atoms with Crippen LogP contribution in [0.25, 0.3) is 0 Å². The number of aromatic nitrogens is 2. The van der Waals surface area contributed by atoms with E-state index < -0.39 is 10.0 Å². The van der Waals surface area contributed by atoms with Crippen LogP contribution in [0.15, 0.2) is 41.8 Å². The minimum absolute atomic E-state index is 0.0211. The lowest BCUT2D eigenvalue weighted by Crippen LogP contribution is -2.53. The predicted octanol–water partition coefficient (Wildman–Crippen LogP) is 1.79. The molecule has 0 aliphatic carbocycles. The number of para-hydroxylation sites is 1. The number of halogens is 1. The van der Waals surface area contributed by atoms with E-state index in [1.165, 1.54) is 22.9 Å². The number of benzene rings is 1. The van der Waals surface area contributed by atoms with E-state index in [2.05, 4.69) is 4.98 Å². The van der Waals surface area contributed by atoms with Gasteiger partial charge in [-0.15, -0.1) is 0 Å². The average Bonchev–Trinajstić information content (AvgIpc) is 3.30. The van der Waals surface area contributed by atoms with Crippen LogP contribution in [0.2, 0.25) is 0 Å². The van der Waals surface area contributed by atoms with Gasteiger partial charge >= 0.3 is 0 Å². The van der Waals surface area contributed by atoms with Crippen molar-refractivity contribution in [2.75, 3.05) is 44.2 Å². The van der Waals surface area contributed by atoms with E-state index >= 15 is 0 Å². The van der Waals surface area contributed by atoms with E-state index in [0.29, 0.717) is 57.8 Å². The first-order valence-corrected chi connectivity index (χ1v) is 12.1. The zero-order chi connectivity index (χ0) is 22.0. The van der Waals surface area contributed by atoms with Crippen molar-refractivity contribution >= 4 is 21.6 Å². The molecule has 8 nitrogen and oxygen atoms in total. The van der Waals surface area contributed by atoms with Crippen LogP contribution >= 0.6 is 0 Å². The van der Waals surface area contributed by atoms with Crippen molar-refractivity contribution in [1.82, 2.24) is 18.8 Å². The standard InChI is InChI=1S/C21H28FN5O3S/c1-2-24-15-20(23-16-24)31(29,30)27-9-5-6-17(14-27)21(28)26-12-10-25(11-13-26)19-8-4-3-7-18(19)22/h3-4,7-8,15-17H,2,5-6,9-14H2,1H3/t17-/m0/s1. The molecule has 1 aromatic heterocycles. The molecule has 4 rings (SSSR count). The maximum absolute atomic E-state index is 14.0. The highest BCUT2D eigenvalue weighted by molar-refractivity contribution is 7.89. The second-order valence-electron chi connectivity index (χ2n) is 8.01. The summed E-state index contributed by atoms with van der Waals surface area (Å²) in [5.41, 5.74) is 0.552. The molecule has 1 aromatic carbocycles. The van der Waals surface area contributed by atoms with Gasteiger partial charge in [-0.25, -0.2) is 17.8 Å². The normalized spacial score (nSPS) is 20.8. The van der Waals surface area contributed by atoms with Crippen LogP contribution in [0, 0.1) is 11.7 Å². The van der Waals surface area contributed by atoms with Crippen LogP contribution in [0.3, 0.4) is 0 Å². The fourth-order valence-corrected chi connectivity index (χ4v) is 5.73. The molecule has 0 unspecified atom stereocenters. The summed E-state index contributed by atoms with van der Waals surface area (Å²) in [6, 6.07) is 6.65. The number of amides is 1. The maximum atomic E-state index is 14.0. The summed E-state index contributed by atoms with van der Waals surface area (Å²) in [7, 11) is -3.72. The van der Waals surface area contributed by atoms with Gasteiger partial charge in [-0.05, 0) is 31.9 Å². The van der Waals surface area contributed by atoms with Crippen LogP contribution in [-0.4, -0.2) is 72.3 Å². The number of piperazine rings is 1. The number of carbonyl (C=O) groups excluding carboxylic acids is 1. The van der Waals surface area contributed by atoms with Gasteiger partial charge < -0.3 is 14.4 Å². The third-order valence-electron chi connectivity index (χ3n) is 6.10. The number of hydrogen-bond donors (Lipinski definition) is 0. The molecule has 0 saturated carbocycles. The summed E-state index contributed by atoms with van der Waals surface area (Å²) < 4.78 is 43.1. The minimum Gasteiger partial charge on any atom is -0.366 e. The van der Waals surface area contributed by atoms with Crippen LogP contribution < -0.4 is 4.90 Å². The molecule has 1 amide bonds. The molecule has 0 spiro atoms. The fraction of sp³-hybridized carbons (Fsp3) is 0.524. The zero-order valence-electron chi connectivity index (χ0n) is 17.7. The second-order valence-corrected chi connectivity index (χ2v) is 9.89. The highest BCUT2D eigenvalue weighted by atomic mass is 32.2. The zero-order valence-corrected chi connectivity index (χ0v) is 18.5. The van der Waals surface area contributed by atoms with Gasteiger partial charge in [0.15, 0.2) is 5.03 Å². The fourth-order valence-electron chi connectivity index (χ4n) is 4.27. The number of piperidine rings is 1. The summed E-state index contributed by atoms with van der Waals surface area (Å²) >= 11 is 0. The first kappa shape index (κ1) is 21.8. The van der Waals surface area contributed by atoms with Crippen molar-refractivity contribution < 1.29 is 17.6 Å². The van der Waals surface area contributed by atoms with E-state index in [4.69, 9.17) is 0 Å². The lowest BCUT2D eigenvalue weighted by atomic mass is 9.97. The van der Waals surface area contributed by atoms with E-state index in [0.717, 1.165) is 0 Å². The van der Waals surface area contributed by atoms with Crippen molar-refractivity contribution in [3.05, 3.63) is 42.6 Å². The van der Waals surface area contributed by atoms with Crippen molar-refractivity contribution in [3.63, 3.8) is 0 Å². The molecule has 31 heavy (non-hydrogen) atoms. The first-order chi connectivity index (χ1) is 14.9. The first-order valence-electron chi connectivity index (χ1n) is 10.7. The maximum Gasteiger partial charge on any atom is 0.262 e. The Hall–Kier alpha value is -2.46. The topological polar surface area (TPSA) is 78.8 Å². The van der Waals surface area contributed by atoms with Gasteiger partial charge in [-0.1, -0.05) is 12.1 Å². The molecule has 2 aliphatic heterocycles. The quantitative estimate of drug-likeness (QED) is 0.696. The number of hydrogen-bond acceptors (Lipinski definition) is 5. The third-order valence-corrected chi connectivity index (χ3v) is 7.85. The summed E-state index contributed by atoms with van der Waals surface area (Å²) in [5, 5.41) is 0.0287. The van der Waals surface area contributed by atoms with Gasteiger partial charge in [0, 0.05) is 52.0 Å². The molecule has 2 fully saturated rings. The number of sulfonamides is 1. The monoisotopic (exact) mass is 449 g/mol. The number of imidazole rings is 1.